The van der Waals surface area contributed by atoms with Crippen molar-refractivity contribution >= 4 is 57.2 Å². The van der Waals surface area contributed by atoms with Crippen molar-refractivity contribution in [1.82, 2.24) is 4.98 Å². The first-order valence-electron chi connectivity index (χ1n) is 8.81. The van der Waals surface area contributed by atoms with E-state index in [9.17, 15) is 0 Å². The first-order chi connectivity index (χ1) is 13.7. The van der Waals surface area contributed by atoms with Crippen LogP contribution in [0.2, 0.25) is 0 Å². The number of rotatable bonds is 6. The van der Waals surface area contributed by atoms with Crippen LogP contribution >= 0.6 is 35.3 Å². The molecule has 0 amide bonds. The van der Waals surface area contributed by atoms with Crippen molar-refractivity contribution in [2.75, 3.05) is 12.4 Å². The quantitative estimate of drug-likeness (QED) is 0.206. The summed E-state index contributed by atoms with van der Waals surface area (Å²) in [5, 5.41) is 3.98. The van der Waals surface area contributed by atoms with Gasteiger partial charge in [0.1, 0.15) is 12.3 Å². The zero-order valence-corrected chi connectivity index (χ0v) is 18.9. The van der Waals surface area contributed by atoms with E-state index in [1.807, 2.05) is 54.6 Å². The lowest BCUT2D eigenvalue weighted by atomic mass is 10.2. The number of anilines is 1. The van der Waals surface area contributed by atoms with Crippen LogP contribution in [-0.4, -0.2) is 18.1 Å². The Labute approximate surface area is 189 Å². The highest BCUT2D eigenvalue weighted by molar-refractivity contribution is 14.0. The summed E-state index contributed by atoms with van der Waals surface area (Å²) in [6, 6.07) is 19.7. The van der Waals surface area contributed by atoms with Crippen LogP contribution in [0, 0.1) is 0 Å². The van der Waals surface area contributed by atoms with Crippen LogP contribution in [0.3, 0.4) is 0 Å². The number of fused-ring (bicyclic) bond motifs is 1. The van der Waals surface area contributed by atoms with E-state index in [4.69, 9.17) is 14.9 Å². The first-order valence-corrected chi connectivity index (χ1v) is 9.63. The second-order valence-corrected chi connectivity index (χ2v) is 7.20. The molecule has 0 radical (unpaired) electrons. The fourth-order valence-corrected chi connectivity index (χ4v) is 3.75. The van der Waals surface area contributed by atoms with Gasteiger partial charge in [0, 0.05) is 18.4 Å². The predicted octanol–water partition coefficient (Wildman–Crippen LogP) is 5.25. The van der Waals surface area contributed by atoms with Gasteiger partial charge in [0.15, 0.2) is 16.7 Å². The number of aromatic nitrogens is 1. The van der Waals surface area contributed by atoms with Gasteiger partial charge in [-0.2, -0.15) is 0 Å². The van der Waals surface area contributed by atoms with Crippen molar-refractivity contribution < 1.29 is 9.15 Å². The average Bonchev–Trinajstić information content (AvgIpc) is 3.35. The lowest BCUT2D eigenvalue weighted by Crippen LogP contribution is -2.23. The molecule has 4 rings (SSSR count). The van der Waals surface area contributed by atoms with E-state index in [-0.39, 0.29) is 24.0 Å². The zero-order valence-electron chi connectivity index (χ0n) is 15.8. The number of halogens is 1. The minimum Gasteiger partial charge on any atom is -0.457 e. The number of ether oxygens (including phenoxy) is 1. The molecule has 3 N–H and O–H groups in total. The number of para-hydroxylation sites is 2. The van der Waals surface area contributed by atoms with Crippen LogP contribution in [0.4, 0.5) is 5.69 Å². The van der Waals surface area contributed by atoms with Gasteiger partial charge in [-0.15, -0.1) is 35.3 Å². The van der Waals surface area contributed by atoms with E-state index in [2.05, 4.69) is 21.4 Å². The number of furan rings is 1. The van der Waals surface area contributed by atoms with Crippen LogP contribution in [-0.2, 0) is 17.9 Å². The van der Waals surface area contributed by atoms with Gasteiger partial charge in [0.2, 0.25) is 0 Å². The molecule has 29 heavy (non-hydrogen) atoms. The molecular formula is C21H21IN4O2S. The van der Waals surface area contributed by atoms with Gasteiger partial charge in [-0.3, -0.25) is 0 Å². The largest absolute Gasteiger partial charge is 0.457 e. The number of aliphatic imine (C=N–C) groups is 1. The summed E-state index contributed by atoms with van der Waals surface area (Å²) in [5.41, 5.74) is 8.90. The second kappa shape index (κ2) is 9.86. The van der Waals surface area contributed by atoms with Crippen molar-refractivity contribution in [2.24, 2.45) is 10.7 Å². The Morgan fingerprint density at radius 3 is 2.76 bits per heavy atom. The van der Waals surface area contributed by atoms with Gasteiger partial charge in [0.05, 0.1) is 16.8 Å². The van der Waals surface area contributed by atoms with Crippen LogP contribution < -0.4 is 11.1 Å². The van der Waals surface area contributed by atoms with E-state index in [1.54, 1.807) is 18.4 Å². The number of nitrogens with two attached hydrogens (primary N) is 1. The van der Waals surface area contributed by atoms with Gasteiger partial charge in [-0.1, -0.05) is 30.3 Å². The average molecular weight is 520 g/mol. The van der Waals surface area contributed by atoms with E-state index in [1.165, 1.54) is 0 Å². The number of hydrogen-bond acceptors (Lipinski definition) is 5. The zero-order chi connectivity index (χ0) is 19.3. The number of nitrogens with one attached hydrogen (secondary N) is 1. The van der Waals surface area contributed by atoms with E-state index in [0.29, 0.717) is 19.1 Å². The molecule has 2 aromatic carbocycles. The number of hydrogen-bond donors (Lipinski definition) is 2. The molecule has 8 heteroatoms. The molecule has 0 bridgehead atoms. The van der Waals surface area contributed by atoms with Crippen LogP contribution in [0.25, 0.3) is 21.0 Å². The molecule has 0 spiro atoms. The van der Waals surface area contributed by atoms with Crippen molar-refractivity contribution in [3.05, 3.63) is 72.0 Å². The Bertz CT molecular complexity index is 1090. The summed E-state index contributed by atoms with van der Waals surface area (Å²) < 4.78 is 12.2. The summed E-state index contributed by atoms with van der Waals surface area (Å²) in [5.74, 6) is 1.79. The van der Waals surface area contributed by atoms with Gasteiger partial charge >= 0.3 is 0 Å². The Balaban J connectivity index is 0.00000240. The molecule has 0 atom stereocenters. The number of thiazole rings is 1. The summed E-state index contributed by atoms with van der Waals surface area (Å²) in [7, 11) is 1.66. The normalized spacial score (nSPS) is 11.4. The predicted molar refractivity (Wildman–Crippen MR) is 129 cm³/mol. The smallest absolute Gasteiger partial charge is 0.193 e. The van der Waals surface area contributed by atoms with E-state index in [0.717, 1.165) is 38.0 Å². The fourth-order valence-electron chi connectivity index (χ4n) is 2.82. The molecule has 2 heterocycles. The molecule has 6 nitrogen and oxygen atoms in total. The molecular weight excluding hydrogens is 499 g/mol. The minimum absolute atomic E-state index is 0. The lowest BCUT2D eigenvalue weighted by molar-refractivity contribution is 0.185. The number of nitrogens with zero attached hydrogens (tertiary/aromatic N) is 2. The molecule has 2 aromatic heterocycles. The first kappa shape index (κ1) is 21.3. The molecule has 0 saturated carbocycles. The monoisotopic (exact) mass is 520 g/mol. The van der Waals surface area contributed by atoms with Crippen LogP contribution in [0.15, 0.2) is 70.1 Å². The van der Waals surface area contributed by atoms with E-state index < -0.39 is 0 Å². The summed E-state index contributed by atoms with van der Waals surface area (Å²) in [6.07, 6.45) is 0. The van der Waals surface area contributed by atoms with Gasteiger partial charge in [-0.05, 0) is 30.3 Å². The Hall–Kier alpha value is -2.43. The highest BCUT2D eigenvalue weighted by Gasteiger charge is 2.10. The van der Waals surface area contributed by atoms with Crippen molar-refractivity contribution in [3.63, 3.8) is 0 Å². The molecule has 0 unspecified atom stereocenters. The summed E-state index contributed by atoms with van der Waals surface area (Å²) >= 11 is 1.61. The van der Waals surface area contributed by atoms with Gasteiger partial charge in [0.25, 0.3) is 0 Å². The minimum atomic E-state index is 0. The molecule has 0 fully saturated rings. The third-order valence-electron chi connectivity index (χ3n) is 4.15. The topological polar surface area (TPSA) is 85.7 Å². The fraction of sp³-hybridized carbons (Fsp3) is 0.143. The van der Waals surface area contributed by atoms with Crippen LogP contribution in [0.1, 0.15) is 11.3 Å². The highest BCUT2D eigenvalue weighted by atomic mass is 127. The SMILES string of the molecule is COCc1ccccc1NC(N)=NCc1ccc(-c2nc3ccccc3s2)o1.I. The summed E-state index contributed by atoms with van der Waals surface area (Å²) in [4.78, 5) is 8.99. The molecule has 0 aliphatic carbocycles. The Kier molecular flexibility index (Phi) is 7.24. The van der Waals surface area contributed by atoms with Crippen molar-refractivity contribution in [1.29, 1.82) is 0 Å². The third kappa shape index (κ3) is 5.14. The maximum Gasteiger partial charge on any atom is 0.193 e. The van der Waals surface area contributed by atoms with Gasteiger partial charge < -0.3 is 20.2 Å². The number of benzene rings is 2. The lowest BCUT2D eigenvalue weighted by Gasteiger charge is -2.10. The number of methoxy groups -OCH3 is 1. The maximum atomic E-state index is 6.03. The summed E-state index contributed by atoms with van der Waals surface area (Å²) in [6.45, 7) is 0.844. The second-order valence-electron chi connectivity index (χ2n) is 6.17. The van der Waals surface area contributed by atoms with Crippen molar-refractivity contribution in [3.8, 4) is 10.8 Å². The Morgan fingerprint density at radius 1 is 1.14 bits per heavy atom. The maximum absolute atomic E-state index is 6.03. The molecule has 0 aliphatic heterocycles. The van der Waals surface area contributed by atoms with Gasteiger partial charge in [-0.25, -0.2) is 9.98 Å². The van der Waals surface area contributed by atoms with E-state index >= 15 is 0 Å². The highest BCUT2D eigenvalue weighted by Crippen LogP contribution is 2.31. The van der Waals surface area contributed by atoms with Crippen molar-refractivity contribution in [2.45, 2.75) is 13.2 Å². The third-order valence-corrected chi connectivity index (χ3v) is 5.20. The molecule has 0 saturated heterocycles. The standard InChI is InChI=1S/C21H20N4O2S.HI/c1-26-13-14-6-2-3-7-16(14)25-21(22)23-12-15-10-11-18(27-15)20-24-17-8-4-5-9-19(17)28-20;/h2-11H,12-13H2,1H3,(H3,22,23,25);1H. The van der Waals surface area contributed by atoms with Crippen LogP contribution in [0.5, 0.6) is 0 Å². The molecule has 4 aromatic rings. The molecule has 150 valence electrons. The number of guanidine groups is 1. The Morgan fingerprint density at radius 2 is 1.93 bits per heavy atom. The molecule has 0 aliphatic rings.